The highest BCUT2D eigenvalue weighted by Gasteiger charge is 2.08. The lowest BCUT2D eigenvalue weighted by atomic mass is 10.1. The van der Waals surface area contributed by atoms with Crippen LogP contribution in [0.5, 0.6) is 0 Å². The Kier molecular flexibility index (Phi) is 3.06. The molecule has 0 N–H and O–H groups in total. The average molecular weight is 246 g/mol. The summed E-state index contributed by atoms with van der Waals surface area (Å²) in [6.07, 6.45) is 1.24. The van der Waals surface area contributed by atoms with Gasteiger partial charge in [0.25, 0.3) is 0 Å². The number of allylic oxidation sites excluding steroid dienone is 1. The molecule has 0 saturated carbocycles. The summed E-state index contributed by atoms with van der Waals surface area (Å²) in [6, 6.07) is 5.20. The molecule has 0 aliphatic rings. The minimum absolute atomic E-state index is 0.165. The highest BCUT2D eigenvalue weighted by atomic mass is 79.9. The van der Waals surface area contributed by atoms with E-state index in [-0.39, 0.29) is 5.78 Å². The summed E-state index contributed by atoms with van der Waals surface area (Å²) in [4.78, 5) is 11.2. The fourth-order valence-corrected chi connectivity index (χ4v) is 1.39. The molecule has 1 rings (SSSR count). The summed E-state index contributed by atoms with van der Waals surface area (Å²) < 4.78 is 0.719. The molecule has 0 radical (unpaired) electrons. The lowest BCUT2D eigenvalue weighted by Gasteiger charge is -2.00. The predicted molar refractivity (Wildman–Crippen MR) is 53.7 cm³/mol. The van der Waals surface area contributed by atoms with Crippen molar-refractivity contribution in [2.24, 2.45) is 0 Å². The number of halogens is 2. The Morgan fingerprint density at radius 2 is 2.25 bits per heavy atom. The van der Waals surface area contributed by atoms with Crippen LogP contribution in [-0.2, 0) is 0 Å². The van der Waals surface area contributed by atoms with E-state index in [1.165, 1.54) is 6.08 Å². The summed E-state index contributed by atoms with van der Waals surface area (Å²) in [6.45, 7) is 3.38. The van der Waals surface area contributed by atoms with E-state index in [1.807, 2.05) is 0 Å². The third kappa shape index (κ3) is 1.76. The molecule has 1 aromatic rings. The van der Waals surface area contributed by atoms with E-state index in [0.29, 0.717) is 10.6 Å². The van der Waals surface area contributed by atoms with E-state index in [4.69, 9.17) is 11.6 Å². The van der Waals surface area contributed by atoms with Crippen LogP contribution in [0.25, 0.3) is 0 Å². The Labute approximate surface area is 84.2 Å². The number of carbonyl (C=O) groups excluding carboxylic acids is 1. The SMILES string of the molecule is C=CC(=O)c1cccc(Br)c1Cl. The maximum atomic E-state index is 11.2. The van der Waals surface area contributed by atoms with Gasteiger partial charge in [-0.2, -0.15) is 0 Å². The molecule has 1 nitrogen and oxygen atoms in total. The second-order valence-corrected chi connectivity index (χ2v) is 3.40. The van der Waals surface area contributed by atoms with Gasteiger partial charge in [0.15, 0.2) is 5.78 Å². The smallest absolute Gasteiger partial charge is 0.186 e. The van der Waals surface area contributed by atoms with Crippen molar-refractivity contribution >= 4 is 33.3 Å². The van der Waals surface area contributed by atoms with Crippen LogP contribution >= 0.6 is 27.5 Å². The molecule has 0 unspecified atom stereocenters. The number of carbonyl (C=O) groups is 1. The van der Waals surface area contributed by atoms with Crippen LogP contribution in [-0.4, -0.2) is 5.78 Å². The molecule has 0 saturated heterocycles. The van der Waals surface area contributed by atoms with Crippen molar-refractivity contribution in [2.75, 3.05) is 0 Å². The second-order valence-electron chi connectivity index (χ2n) is 2.17. The molecule has 0 aliphatic carbocycles. The molecule has 0 aromatic heterocycles. The third-order valence-electron chi connectivity index (χ3n) is 1.40. The quantitative estimate of drug-likeness (QED) is 0.576. The Hall–Kier alpha value is -0.600. The number of benzene rings is 1. The van der Waals surface area contributed by atoms with E-state index < -0.39 is 0 Å². The number of ketones is 1. The van der Waals surface area contributed by atoms with E-state index >= 15 is 0 Å². The molecule has 0 aliphatic heterocycles. The van der Waals surface area contributed by atoms with Gasteiger partial charge in [-0.1, -0.05) is 24.2 Å². The molecule has 0 spiro atoms. The van der Waals surface area contributed by atoms with E-state index in [1.54, 1.807) is 18.2 Å². The fourth-order valence-electron chi connectivity index (χ4n) is 0.804. The van der Waals surface area contributed by atoms with Gasteiger partial charge in [-0.05, 0) is 34.1 Å². The number of hydrogen-bond acceptors (Lipinski definition) is 1. The van der Waals surface area contributed by atoms with Crippen molar-refractivity contribution in [3.8, 4) is 0 Å². The molecule has 0 fully saturated rings. The molecule has 12 heavy (non-hydrogen) atoms. The van der Waals surface area contributed by atoms with Gasteiger partial charge in [0.2, 0.25) is 0 Å². The van der Waals surface area contributed by atoms with Crippen LogP contribution in [0.1, 0.15) is 10.4 Å². The minimum atomic E-state index is -0.165. The molecule has 0 heterocycles. The largest absolute Gasteiger partial charge is 0.289 e. The lowest BCUT2D eigenvalue weighted by Crippen LogP contribution is -1.94. The monoisotopic (exact) mass is 244 g/mol. The molecule has 62 valence electrons. The Balaban J connectivity index is 3.25. The fraction of sp³-hybridized carbons (Fsp3) is 0. The van der Waals surface area contributed by atoms with E-state index in [9.17, 15) is 4.79 Å². The summed E-state index contributed by atoms with van der Waals surface area (Å²) in [5.74, 6) is -0.165. The van der Waals surface area contributed by atoms with Gasteiger partial charge >= 0.3 is 0 Å². The minimum Gasteiger partial charge on any atom is -0.289 e. The highest BCUT2D eigenvalue weighted by Crippen LogP contribution is 2.26. The number of rotatable bonds is 2. The second kappa shape index (κ2) is 3.87. The molecule has 1 aromatic carbocycles. The van der Waals surface area contributed by atoms with Gasteiger partial charge in [0.1, 0.15) is 0 Å². The third-order valence-corrected chi connectivity index (χ3v) is 2.70. The van der Waals surface area contributed by atoms with Gasteiger partial charge in [0, 0.05) is 10.0 Å². The molecular weight excluding hydrogens is 239 g/mol. The zero-order valence-corrected chi connectivity index (χ0v) is 8.52. The topological polar surface area (TPSA) is 17.1 Å². The van der Waals surface area contributed by atoms with Crippen LogP contribution in [0.4, 0.5) is 0 Å². The standard InChI is InChI=1S/C9H6BrClO/c1-2-8(12)6-4-3-5-7(10)9(6)11/h2-5H,1H2. The van der Waals surface area contributed by atoms with Gasteiger partial charge in [-0.3, -0.25) is 4.79 Å². The maximum absolute atomic E-state index is 11.2. The van der Waals surface area contributed by atoms with E-state index in [2.05, 4.69) is 22.5 Å². The van der Waals surface area contributed by atoms with Gasteiger partial charge in [0.05, 0.1) is 5.02 Å². The van der Waals surface area contributed by atoms with Crippen LogP contribution in [0, 0.1) is 0 Å². The van der Waals surface area contributed by atoms with Gasteiger partial charge in [-0.25, -0.2) is 0 Å². The Morgan fingerprint density at radius 1 is 1.58 bits per heavy atom. The molecule has 0 bridgehead atoms. The van der Waals surface area contributed by atoms with Crippen molar-refractivity contribution in [3.05, 3.63) is 45.9 Å². The molecule has 0 amide bonds. The summed E-state index contributed by atoms with van der Waals surface area (Å²) in [5.41, 5.74) is 0.473. The lowest BCUT2D eigenvalue weighted by molar-refractivity contribution is 0.104. The van der Waals surface area contributed by atoms with Crippen LogP contribution in [0.15, 0.2) is 35.3 Å². The van der Waals surface area contributed by atoms with Crippen molar-refractivity contribution in [3.63, 3.8) is 0 Å². The summed E-state index contributed by atoms with van der Waals surface area (Å²) >= 11 is 9.08. The van der Waals surface area contributed by atoms with Crippen molar-refractivity contribution in [1.29, 1.82) is 0 Å². The van der Waals surface area contributed by atoms with Crippen molar-refractivity contribution in [1.82, 2.24) is 0 Å². The Morgan fingerprint density at radius 3 is 2.83 bits per heavy atom. The van der Waals surface area contributed by atoms with Crippen molar-refractivity contribution < 1.29 is 4.79 Å². The van der Waals surface area contributed by atoms with Gasteiger partial charge in [-0.15, -0.1) is 0 Å². The normalized spacial score (nSPS) is 9.50. The summed E-state index contributed by atoms with van der Waals surface area (Å²) in [5, 5.41) is 0.433. The van der Waals surface area contributed by atoms with Crippen LogP contribution in [0.2, 0.25) is 5.02 Å². The first-order valence-corrected chi connectivity index (χ1v) is 4.44. The molecule has 3 heteroatoms. The van der Waals surface area contributed by atoms with Crippen LogP contribution < -0.4 is 0 Å². The zero-order valence-electron chi connectivity index (χ0n) is 6.18. The Bertz CT molecular complexity index is 333. The number of hydrogen-bond donors (Lipinski definition) is 0. The predicted octanol–water partition coefficient (Wildman–Crippen LogP) is 3.47. The zero-order chi connectivity index (χ0) is 9.14. The van der Waals surface area contributed by atoms with Crippen LogP contribution in [0.3, 0.4) is 0 Å². The first-order valence-electron chi connectivity index (χ1n) is 3.27. The summed E-state index contributed by atoms with van der Waals surface area (Å²) in [7, 11) is 0. The first kappa shape index (κ1) is 9.49. The molecular formula is C9H6BrClO. The maximum Gasteiger partial charge on any atom is 0.186 e. The highest BCUT2D eigenvalue weighted by molar-refractivity contribution is 9.10. The molecule has 0 atom stereocenters. The van der Waals surface area contributed by atoms with E-state index in [0.717, 1.165) is 4.47 Å². The average Bonchev–Trinajstić information content (AvgIpc) is 2.08. The van der Waals surface area contributed by atoms with Crippen molar-refractivity contribution in [2.45, 2.75) is 0 Å². The first-order chi connectivity index (χ1) is 5.66. The van der Waals surface area contributed by atoms with Gasteiger partial charge < -0.3 is 0 Å².